The van der Waals surface area contributed by atoms with Crippen molar-refractivity contribution in [3.05, 3.63) is 45.9 Å². The molecule has 1 saturated carbocycles. The van der Waals surface area contributed by atoms with Gasteiger partial charge < -0.3 is 15.1 Å². The van der Waals surface area contributed by atoms with E-state index in [0.717, 1.165) is 42.8 Å². The van der Waals surface area contributed by atoms with E-state index in [1.165, 1.54) is 37.7 Å². The van der Waals surface area contributed by atoms with Crippen LogP contribution in [0.5, 0.6) is 0 Å². The molecule has 1 aromatic carbocycles. The van der Waals surface area contributed by atoms with E-state index in [2.05, 4.69) is 24.4 Å². The van der Waals surface area contributed by atoms with E-state index in [4.69, 9.17) is 4.98 Å². The van der Waals surface area contributed by atoms with Crippen LogP contribution in [0.4, 0.5) is 10.5 Å². The maximum absolute atomic E-state index is 12.9. The number of aryl methyl sites for hydroxylation is 1. The fourth-order valence-electron chi connectivity index (χ4n) is 5.06. The highest BCUT2D eigenvalue weighted by Crippen LogP contribution is 2.31. The Labute approximate surface area is 207 Å². The van der Waals surface area contributed by atoms with Gasteiger partial charge in [-0.05, 0) is 56.2 Å². The molecule has 2 aliphatic rings. The van der Waals surface area contributed by atoms with Crippen molar-refractivity contribution in [1.82, 2.24) is 14.8 Å². The second kappa shape index (κ2) is 11.8. The van der Waals surface area contributed by atoms with Gasteiger partial charge in [0.1, 0.15) is 5.69 Å². The van der Waals surface area contributed by atoms with Gasteiger partial charge in [0.05, 0.1) is 5.01 Å². The molecule has 184 valence electrons. The lowest BCUT2D eigenvalue weighted by atomic mass is 9.94. The molecule has 1 aliphatic heterocycles. The quantitative estimate of drug-likeness (QED) is 0.503. The number of carbonyl (C=O) groups is 2. The lowest BCUT2D eigenvalue weighted by Gasteiger charge is -2.31. The first-order valence-corrected chi connectivity index (χ1v) is 13.8. The number of hydrogen-bond acceptors (Lipinski definition) is 4. The van der Waals surface area contributed by atoms with Gasteiger partial charge in [0.2, 0.25) is 0 Å². The molecule has 0 radical (unpaired) electrons. The van der Waals surface area contributed by atoms with E-state index in [0.29, 0.717) is 30.7 Å². The number of urea groups is 1. The number of benzene rings is 1. The molecule has 0 atom stereocenters. The zero-order valence-electron chi connectivity index (χ0n) is 20.6. The molecule has 7 heteroatoms. The topological polar surface area (TPSA) is 65.5 Å². The van der Waals surface area contributed by atoms with Gasteiger partial charge in [-0.2, -0.15) is 0 Å². The zero-order chi connectivity index (χ0) is 23.9. The van der Waals surface area contributed by atoms with Crippen LogP contribution in [0.25, 0.3) is 0 Å². The van der Waals surface area contributed by atoms with Gasteiger partial charge in [0.15, 0.2) is 0 Å². The number of anilines is 1. The summed E-state index contributed by atoms with van der Waals surface area (Å²) in [4.78, 5) is 34.2. The van der Waals surface area contributed by atoms with Crippen molar-refractivity contribution in [2.75, 3.05) is 25.5 Å². The zero-order valence-corrected chi connectivity index (χ0v) is 21.4. The Morgan fingerprint density at radius 2 is 1.79 bits per heavy atom. The number of thiazole rings is 1. The number of rotatable bonds is 7. The van der Waals surface area contributed by atoms with Gasteiger partial charge in [-0.15, -0.1) is 11.3 Å². The van der Waals surface area contributed by atoms with Crippen LogP contribution in [-0.2, 0) is 6.42 Å². The monoisotopic (exact) mass is 482 g/mol. The van der Waals surface area contributed by atoms with Gasteiger partial charge >= 0.3 is 6.03 Å². The van der Waals surface area contributed by atoms with Crippen LogP contribution in [0.2, 0.25) is 0 Å². The van der Waals surface area contributed by atoms with E-state index in [9.17, 15) is 9.59 Å². The highest BCUT2D eigenvalue weighted by molar-refractivity contribution is 7.09. The maximum Gasteiger partial charge on any atom is 0.321 e. The van der Waals surface area contributed by atoms with Crippen LogP contribution < -0.4 is 5.32 Å². The first-order valence-electron chi connectivity index (χ1n) is 12.9. The van der Waals surface area contributed by atoms with Crippen molar-refractivity contribution in [2.45, 2.75) is 83.1 Å². The van der Waals surface area contributed by atoms with E-state index in [1.54, 1.807) is 11.3 Å². The molecule has 0 bridgehead atoms. The summed E-state index contributed by atoms with van der Waals surface area (Å²) in [7, 11) is 1.92. The summed E-state index contributed by atoms with van der Waals surface area (Å²) in [5, 5.41) is 5.98. The normalized spacial score (nSPS) is 17.5. The minimum Gasteiger partial charge on any atom is -0.337 e. The number of carbonyl (C=O) groups excluding carboxylic acids is 2. The van der Waals surface area contributed by atoms with Crippen LogP contribution in [0.15, 0.2) is 29.6 Å². The Bertz CT molecular complexity index is 944. The highest BCUT2D eigenvalue weighted by Gasteiger charge is 2.28. The van der Waals surface area contributed by atoms with Gasteiger partial charge in [-0.25, -0.2) is 9.78 Å². The molecular weight excluding hydrogens is 444 g/mol. The number of nitrogens with one attached hydrogen (secondary N) is 1. The molecule has 2 heterocycles. The van der Waals surface area contributed by atoms with Crippen molar-refractivity contribution < 1.29 is 9.59 Å². The number of aromatic nitrogens is 1. The van der Waals surface area contributed by atoms with Crippen molar-refractivity contribution >= 4 is 29.0 Å². The fourth-order valence-corrected chi connectivity index (χ4v) is 6.02. The second-order valence-electron chi connectivity index (χ2n) is 9.77. The number of likely N-dealkylation sites (tertiary alicyclic amines) is 1. The smallest absolute Gasteiger partial charge is 0.321 e. The van der Waals surface area contributed by atoms with Crippen LogP contribution in [0.3, 0.4) is 0 Å². The van der Waals surface area contributed by atoms with Crippen LogP contribution in [-0.4, -0.2) is 52.9 Å². The molecule has 0 unspecified atom stereocenters. The maximum atomic E-state index is 12.9. The molecule has 6 nitrogen and oxygen atoms in total. The van der Waals surface area contributed by atoms with Gasteiger partial charge in [-0.1, -0.05) is 44.7 Å². The summed E-state index contributed by atoms with van der Waals surface area (Å²) < 4.78 is 0. The number of hydrogen-bond donors (Lipinski definition) is 1. The molecule has 1 N–H and O–H groups in total. The first-order chi connectivity index (χ1) is 16.5. The van der Waals surface area contributed by atoms with E-state index >= 15 is 0 Å². The highest BCUT2D eigenvalue weighted by atomic mass is 32.1. The Kier molecular flexibility index (Phi) is 8.59. The largest absolute Gasteiger partial charge is 0.337 e. The third-order valence-corrected chi connectivity index (χ3v) is 8.35. The molecule has 3 amide bonds. The van der Waals surface area contributed by atoms with Crippen molar-refractivity contribution in [1.29, 1.82) is 0 Å². The Hall–Kier alpha value is -2.41. The van der Waals surface area contributed by atoms with E-state index in [-0.39, 0.29) is 11.9 Å². The summed E-state index contributed by atoms with van der Waals surface area (Å²) in [6, 6.07) is 8.50. The Balaban J connectivity index is 1.26. The predicted molar refractivity (Wildman–Crippen MR) is 139 cm³/mol. The third-order valence-electron chi connectivity index (χ3n) is 7.34. The molecule has 2 fully saturated rings. The molecule has 4 rings (SSSR count). The van der Waals surface area contributed by atoms with Crippen LogP contribution >= 0.6 is 11.3 Å². The molecule has 2 aromatic rings. The van der Waals surface area contributed by atoms with Gasteiger partial charge in [0, 0.05) is 43.2 Å². The summed E-state index contributed by atoms with van der Waals surface area (Å²) in [5.74, 6) is 0.361. The van der Waals surface area contributed by atoms with Gasteiger partial charge in [-0.3, -0.25) is 4.79 Å². The Morgan fingerprint density at radius 1 is 1.09 bits per heavy atom. The lowest BCUT2D eigenvalue weighted by molar-refractivity contribution is 0.0691. The fraction of sp³-hybridized carbons (Fsp3) is 0.593. The van der Waals surface area contributed by atoms with E-state index < -0.39 is 0 Å². The summed E-state index contributed by atoms with van der Waals surface area (Å²) in [6.07, 6.45) is 11.1. The number of amides is 3. The van der Waals surface area contributed by atoms with Crippen molar-refractivity contribution in [3.8, 4) is 0 Å². The average Bonchev–Trinajstić information content (AvgIpc) is 3.38. The number of unbranched alkanes of at least 4 members (excludes halogenated alkanes) is 1. The van der Waals surface area contributed by atoms with Crippen LogP contribution in [0.1, 0.15) is 91.7 Å². The molecule has 1 aliphatic carbocycles. The summed E-state index contributed by atoms with van der Waals surface area (Å²) >= 11 is 1.59. The Morgan fingerprint density at radius 3 is 2.47 bits per heavy atom. The van der Waals surface area contributed by atoms with E-state index in [1.807, 2.05) is 34.4 Å². The molecule has 1 aromatic heterocycles. The standard InChI is InChI=1S/C27H38N4O2S/c1-3-4-8-20-11-13-22(14-12-20)28-27(33)31-17-15-21(16-18-31)25-29-24(19-34-25)26(32)30(2)23-9-6-5-7-10-23/h11-14,19,21,23H,3-10,15-18H2,1-2H3,(H,28,33). The number of piperidine rings is 1. The first kappa shape index (κ1) is 24.7. The molecule has 1 saturated heterocycles. The second-order valence-corrected chi connectivity index (χ2v) is 10.7. The molecule has 34 heavy (non-hydrogen) atoms. The summed E-state index contributed by atoms with van der Waals surface area (Å²) in [5.41, 5.74) is 2.74. The minimum atomic E-state index is -0.0381. The predicted octanol–water partition coefficient (Wildman–Crippen LogP) is 6.30. The minimum absolute atomic E-state index is 0.0381. The average molecular weight is 483 g/mol. The third kappa shape index (κ3) is 6.17. The lowest BCUT2D eigenvalue weighted by Crippen LogP contribution is -2.40. The summed E-state index contributed by atoms with van der Waals surface area (Å²) in [6.45, 7) is 3.60. The van der Waals surface area contributed by atoms with Crippen molar-refractivity contribution in [3.63, 3.8) is 0 Å². The SMILES string of the molecule is CCCCc1ccc(NC(=O)N2CCC(c3nc(C(=O)N(C)C4CCCCC4)cs3)CC2)cc1. The molecule has 0 spiro atoms. The van der Waals surface area contributed by atoms with Crippen LogP contribution in [0, 0.1) is 0 Å². The van der Waals surface area contributed by atoms with Gasteiger partial charge in [0.25, 0.3) is 5.91 Å². The molecular formula is C27H38N4O2S. The number of nitrogens with zero attached hydrogens (tertiary/aromatic N) is 3. The van der Waals surface area contributed by atoms with Crippen molar-refractivity contribution in [2.24, 2.45) is 0 Å².